The van der Waals surface area contributed by atoms with Gasteiger partial charge in [0.1, 0.15) is 0 Å². The molecule has 13 heavy (non-hydrogen) atoms. The number of rotatable bonds is 1. The van der Waals surface area contributed by atoms with E-state index in [2.05, 4.69) is 30.4 Å². The molecule has 0 spiro atoms. The van der Waals surface area contributed by atoms with Gasteiger partial charge in [0.15, 0.2) is 0 Å². The van der Waals surface area contributed by atoms with Crippen LogP contribution in [0.1, 0.15) is 12.8 Å². The van der Waals surface area contributed by atoms with Gasteiger partial charge in [0.25, 0.3) is 0 Å². The zero-order valence-corrected chi connectivity index (χ0v) is 11.0. The van der Waals surface area contributed by atoms with Gasteiger partial charge in [0, 0.05) is 0 Å². The van der Waals surface area contributed by atoms with Crippen LogP contribution in [0.3, 0.4) is 0 Å². The first-order valence-corrected chi connectivity index (χ1v) is 5.08. The van der Waals surface area contributed by atoms with Crippen LogP contribution in [0.15, 0.2) is 44.8 Å². The molecule has 0 aromatic carbocycles. The first-order chi connectivity index (χ1) is 5.38. The van der Waals surface area contributed by atoms with Crippen LogP contribution in [0, 0.1) is 0 Å². The normalized spacial score (nSPS) is 18.5. The molecule has 0 heterocycles. The standard InChI is InChI=1S/C10H9.2ClH.Zr/c1-2-6-9(5-1)10-7-3-4-8-10;;;/h1-3,5,7H,4,6H2;2*1H;/q;;;+2/p-2. The monoisotopic (exact) mass is 289 g/mol. The van der Waals surface area contributed by atoms with Crippen LogP contribution in [0.5, 0.6) is 0 Å². The molecule has 0 amide bonds. The summed E-state index contributed by atoms with van der Waals surface area (Å²) in [5.74, 6) is 0. The van der Waals surface area contributed by atoms with Gasteiger partial charge in [-0.05, 0) is 0 Å². The topological polar surface area (TPSA) is 0 Å². The van der Waals surface area contributed by atoms with Gasteiger partial charge in [-0.2, -0.15) is 0 Å². The van der Waals surface area contributed by atoms with Crippen molar-refractivity contribution < 1.29 is 49.5 Å². The average molecular weight is 291 g/mol. The Kier molecular flexibility index (Phi) is 6.21. The molecule has 0 bridgehead atoms. The molecule has 0 fully saturated rings. The van der Waals surface area contributed by atoms with Crippen LogP contribution >= 0.6 is 0 Å². The Balaban J connectivity index is 0.000000720. The van der Waals surface area contributed by atoms with E-state index in [1.165, 1.54) is 17.6 Å². The van der Waals surface area contributed by atoms with Crippen molar-refractivity contribution in [3.05, 3.63) is 44.8 Å². The number of hydrogen-bond acceptors (Lipinski definition) is 0. The minimum atomic E-state index is 0. The third kappa shape index (κ3) is 2.94. The van der Waals surface area contributed by atoms with E-state index in [1.54, 1.807) is 28.0 Å². The summed E-state index contributed by atoms with van der Waals surface area (Å²) < 4.78 is 1.60. The van der Waals surface area contributed by atoms with Crippen molar-refractivity contribution in [1.29, 1.82) is 0 Å². The molecule has 0 unspecified atom stereocenters. The van der Waals surface area contributed by atoms with Gasteiger partial charge in [-0.25, -0.2) is 0 Å². The van der Waals surface area contributed by atoms with Gasteiger partial charge in [0.2, 0.25) is 0 Å². The Morgan fingerprint density at radius 2 is 1.85 bits per heavy atom. The number of halogens is 2. The summed E-state index contributed by atoms with van der Waals surface area (Å²) in [7, 11) is 0. The van der Waals surface area contributed by atoms with Crippen LogP contribution in [0.4, 0.5) is 0 Å². The van der Waals surface area contributed by atoms with Crippen LogP contribution in [0.25, 0.3) is 0 Å². The Morgan fingerprint density at radius 3 is 2.31 bits per heavy atom. The molecule has 2 rings (SSSR count). The zero-order chi connectivity index (χ0) is 7.68. The van der Waals surface area contributed by atoms with Crippen LogP contribution in [0.2, 0.25) is 0 Å². The van der Waals surface area contributed by atoms with Crippen molar-refractivity contribution in [1.82, 2.24) is 0 Å². The molecule has 0 atom stereocenters. The van der Waals surface area contributed by atoms with Crippen molar-refractivity contribution in [2.45, 2.75) is 12.8 Å². The van der Waals surface area contributed by atoms with Crippen LogP contribution in [-0.4, -0.2) is 0 Å². The fraction of sp³-hybridized carbons (Fsp3) is 0.200. The molecule has 0 aromatic rings. The molecule has 0 aromatic heterocycles. The summed E-state index contributed by atoms with van der Waals surface area (Å²) in [4.78, 5) is 0. The molecule has 0 saturated carbocycles. The third-order valence-electron chi connectivity index (χ3n) is 2.05. The molecule has 3 heteroatoms. The van der Waals surface area contributed by atoms with E-state index >= 15 is 0 Å². The fourth-order valence-electron chi connectivity index (χ4n) is 1.45. The summed E-state index contributed by atoms with van der Waals surface area (Å²) in [5, 5.41) is 0. The Bertz CT molecular complexity index is 298. The van der Waals surface area contributed by atoms with Crippen molar-refractivity contribution in [3.8, 4) is 0 Å². The summed E-state index contributed by atoms with van der Waals surface area (Å²) in [6.07, 6.45) is 13.5. The van der Waals surface area contributed by atoms with E-state index in [-0.39, 0.29) is 24.8 Å². The SMILES string of the molecule is [Cl-].[Cl-].[Zr+2][C]1=C(C2=CC=CC2)C=CC1. The van der Waals surface area contributed by atoms with Gasteiger partial charge in [-0.15, -0.1) is 0 Å². The van der Waals surface area contributed by atoms with Crippen molar-refractivity contribution in [2.24, 2.45) is 0 Å². The number of allylic oxidation sites excluding steroid dienone is 8. The maximum atomic E-state index is 2.27. The maximum absolute atomic E-state index is 2.27. The molecule has 0 aliphatic heterocycles. The third-order valence-corrected chi connectivity index (χ3v) is 3.21. The van der Waals surface area contributed by atoms with E-state index in [4.69, 9.17) is 0 Å². The second-order valence-corrected chi connectivity index (χ2v) is 4.31. The average Bonchev–Trinajstić information content (AvgIpc) is 2.55. The Labute approximate surface area is 107 Å². The van der Waals surface area contributed by atoms with E-state index in [9.17, 15) is 0 Å². The summed E-state index contributed by atoms with van der Waals surface area (Å²) >= 11 is 1.57. The van der Waals surface area contributed by atoms with Crippen molar-refractivity contribution in [2.75, 3.05) is 0 Å². The van der Waals surface area contributed by atoms with Gasteiger partial charge < -0.3 is 24.8 Å². The van der Waals surface area contributed by atoms with Crippen LogP contribution < -0.4 is 24.8 Å². The van der Waals surface area contributed by atoms with Gasteiger partial charge in [0.05, 0.1) is 0 Å². The molecular formula is C10H9Cl2Zr. The quantitative estimate of drug-likeness (QED) is 0.473. The molecule has 2 aliphatic carbocycles. The van der Waals surface area contributed by atoms with E-state index in [0.29, 0.717) is 0 Å². The predicted octanol–water partition coefficient (Wildman–Crippen LogP) is -3.36. The van der Waals surface area contributed by atoms with Gasteiger partial charge in [-0.1, -0.05) is 0 Å². The minimum absolute atomic E-state index is 0. The predicted molar refractivity (Wildman–Crippen MR) is 42.6 cm³/mol. The zero-order valence-electron chi connectivity index (χ0n) is 7.06. The van der Waals surface area contributed by atoms with Crippen molar-refractivity contribution in [3.63, 3.8) is 0 Å². The fourth-order valence-corrected chi connectivity index (χ4v) is 2.34. The Hall–Kier alpha value is 0.423. The molecule has 0 radical (unpaired) electrons. The summed E-state index contributed by atoms with van der Waals surface area (Å²) in [6, 6.07) is 0. The van der Waals surface area contributed by atoms with E-state index < -0.39 is 0 Å². The first-order valence-electron chi connectivity index (χ1n) is 3.85. The molecular weight excluding hydrogens is 282 g/mol. The Morgan fingerprint density at radius 1 is 1.08 bits per heavy atom. The van der Waals surface area contributed by atoms with Gasteiger partial charge >= 0.3 is 82.4 Å². The summed E-state index contributed by atoms with van der Waals surface area (Å²) in [5.41, 5.74) is 3.01. The molecule has 0 N–H and O–H groups in total. The van der Waals surface area contributed by atoms with E-state index in [1.807, 2.05) is 0 Å². The second-order valence-electron chi connectivity index (χ2n) is 2.82. The molecule has 0 saturated heterocycles. The van der Waals surface area contributed by atoms with Crippen LogP contribution in [-0.2, 0) is 24.7 Å². The summed E-state index contributed by atoms with van der Waals surface area (Å²) in [6.45, 7) is 0. The molecule has 67 valence electrons. The molecule has 0 nitrogen and oxygen atoms in total. The first kappa shape index (κ1) is 13.4. The van der Waals surface area contributed by atoms with Crippen molar-refractivity contribution >= 4 is 0 Å². The number of hydrogen-bond donors (Lipinski definition) is 0. The van der Waals surface area contributed by atoms with E-state index in [0.717, 1.165) is 6.42 Å². The van der Waals surface area contributed by atoms with Gasteiger partial charge in [-0.3, -0.25) is 0 Å². The second kappa shape index (κ2) is 6.01. The molecule has 2 aliphatic rings.